The number of hydrogen-bond donors (Lipinski definition) is 0. The molecule has 2 aromatic rings. The minimum absolute atomic E-state index is 0.274. The molecule has 0 unspecified atom stereocenters. The number of pyridine rings is 2. The van der Waals surface area contributed by atoms with Crippen molar-refractivity contribution in [2.45, 2.75) is 38.0 Å². The summed E-state index contributed by atoms with van der Waals surface area (Å²) in [5.41, 5.74) is 2.40. The molecule has 0 radical (unpaired) electrons. The first kappa shape index (κ1) is 16.9. The number of rotatable bonds is 7. The standard InChI is InChI=1S/C19H25N3O2/c1-22(13-15-4-3-7-20-10-15)14-18-6-5-17(24-18)8-16-9-19(23-2)12-21-11-16/h3-4,7,9-12,17-18H,5-6,8,13-14H2,1-2H3/t17-,18+/m0/s1. The Bertz CT molecular complexity index is 636. The normalized spacial score (nSPS) is 20.5. The van der Waals surface area contributed by atoms with Gasteiger partial charge in [-0.25, -0.2) is 0 Å². The van der Waals surface area contributed by atoms with Gasteiger partial charge in [0.15, 0.2) is 0 Å². The molecule has 0 N–H and O–H groups in total. The average Bonchev–Trinajstić information content (AvgIpc) is 3.02. The molecule has 5 heteroatoms. The van der Waals surface area contributed by atoms with Crippen LogP contribution in [0.4, 0.5) is 0 Å². The van der Waals surface area contributed by atoms with Crippen LogP contribution < -0.4 is 4.74 Å². The van der Waals surface area contributed by atoms with Crippen molar-refractivity contribution >= 4 is 0 Å². The van der Waals surface area contributed by atoms with E-state index in [4.69, 9.17) is 9.47 Å². The topological polar surface area (TPSA) is 47.5 Å². The van der Waals surface area contributed by atoms with E-state index in [-0.39, 0.29) is 6.10 Å². The molecule has 0 aliphatic carbocycles. The molecule has 24 heavy (non-hydrogen) atoms. The van der Waals surface area contributed by atoms with E-state index in [1.54, 1.807) is 13.3 Å². The van der Waals surface area contributed by atoms with Crippen LogP contribution in [0, 0.1) is 0 Å². The molecule has 1 aliphatic heterocycles. The minimum Gasteiger partial charge on any atom is -0.495 e. The third-order valence-corrected chi connectivity index (χ3v) is 4.35. The maximum Gasteiger partial charge on any atom is 0.137 e. The largest absolute Gasteiger partial charge is 0.495 e. The van der Waals surface area contributed by atoms with Crippen LogP contribution in [0.15, 0.2) is 43.0 Å². The van der Waals surface area contributed by atoms with E-state index in [9.17, 15) is 0 Å². The number of methoxy groups -OCH3 is 1. The van der Waals surface area contributed by atoms with Crippen LogP contribution in [-0.4, -0.2) is 47.8 Å². The van der Waals surface area contributed by atoms with Crippen LogP contribution in [0.25, 0.3) is 0 Å². The summed E-state index contributed by atoms with van der Waals surface area (Å²) in [4.78, 5) is 10.7. The molecule has 128 valence electrons. The first-order valence-electron chi connectivity index (χ1n) is 8.44. The molecule has 0 bridgehead atoms. The Kier molecular flexibility index (Phi) is 5.77. The van der Waals surface area contributed by atoms with Crippen molar-refractivity contribution in [2.24, 2.45) is 0 Å². The van der Waals surface area contributed by atoms with Crippen LogP contribution in [0.5, 0.6) is 5.75 Å². The Hall–Kier alpha value is -1.98. The third kappa shape index (κ3) is 4.76. The highest BCUT2D eigenvalue weighted by Crippen LogP contribution is 2.24. The molecule has 0 spiro atoms. The zero-order valence-corrected chi connectivity index (χ0v) is 14.4. The quantitative estimate of drug-likeness (QED) is 0.782. The summed E-state index contributed by atoms with van der Waals surface area (Å²) in [5.74, 6) is 0.804. The van der Waals surface area contributed by atoms with Gasteiger partial charge in [-0.2, -0.15) is 0 Å². The molecular weight excluding hydrogens is 302 g/mol. The third-order valence-electron chi connectivity index (χ3n) is 4.35. The Morgan fingerprint density at radius 1 is 1.17 bits per heavy atom. The van der Waals surface area contributed by atoms with Gasteiger partial charge in [-0.3, -0.25) is 14.9 Å². The zero-order chi connectivity index (χ0) is 16.8. The lowest BCUT2D eigenvalue weighted by molar-refractivity contribution is 0.0266. The van der Waals surface area contributed by atoms with E-state index in [2.05, 4.69) is 28.0 Å². The molecule has 1 aliphatic rings. The predicted molar refractivity (Wildman–Crippen MR) is 93.0 cm³/mol. The summed E-state index contributed by atoms with van der Waals surface area (Å²) in [6.45, 7) is 1.85. The van der Waals surface area contributed by atoms with Crippen molar-refractivity contribution in [2.75, 3.05) is 20.7 Å². The molecule has 0 amide bonds. The lowest BCUT2D eigenvalue weighted by atomic mass is 10.1. The lowest BCUT2D eigenvalue weighted by Crippen LogP contribution is -2.29. The summed E-state index contributed by atoms with van der Waals surface area (Å²) in [5, 5.41) is 0. The Balaban J connectivity index is 1.46. The van der Waals surface area contributed by atoms with Crippen LogP contribution >= 0.6 is 0 Å². The van der Waals surface area contributed by atoms with E-state index >= 15 is 0 Å². The monoisotopic (exact) mass is 327 g/mol. The van der Waals surface area contributed by atoms with Gasteiger partial charge >= 0.3 is 0 Å². The maximum atomic E-state index is 6.22. The van der Waals surface area contributed by atoms with Crippen LogP contribution in [0.2, 0.25) is 0 Å². The number of ether oxygens (including phenoxy) is 2. The number of likely N-dealkylation sites (N-methyl/N-ethyl adjacent to an activating group) is 1. The Labute approximate surface area is 143 Å². The molecule has 3 rings (SSSR count). The van der Waals surface area contributed by atoms with E-state index in [1.807, 2.05) is 30.7 Å². The Morgan fingerprint density at radius 2 is 2.00 bits per heavy atom. The first-order chi connectivity index (χ1) is 11.7. The molecular formula is C19H25N3O2. The number of hydrogen-bond acceptors (Lipinski definition) is 5. The highest BCUT2D eigenvalue weighted by Gasteiger charge is 2.26. The number of nitrogens with zero attached hydrogens (tertiary/aromatic N) is 3. The van der Waals surface area contributed by atoms with Crippen LogP contribution in [0.3, 0.4) is 0 Å². The van der Waals surface area contributed by atoms with Crippen molar-refractivity contribution in [3.05, 3.63) is 54.1 Å². The fraction of sp³-hybridized carbons (Fsp3) is 0.474. The van der Waals surface area contributed by atoms with Crippen molar-refractivity contribution in [1.82, 2.24) is 14.9 Å². The summed E-state index contributed by atoms with van der Waals surface area (Å²) in [6, 6.07) is 6.13. The van der Waals surface area contributed by atoms with Gasteiger partial charge in [-0.05, 0) is 43.1 Å². The highest BCUT2D eigenvalue weighted by molar-refractivity contribution is 5.24. The molecule has 1 fully saturated rings. The lowest BCUT2D eigenvalue weighted by Gasteiger charge is -2.21. The van der Waals surface area contributed by atoms with Gasteiger partial charge in [0.25, 0.3) is 0 Å². The maximum absolute atomic E-state index is 6.22. The van der Waals surface area contributed by atoms with Crippen molar-refractivity contribution in [3.63, 3.8) is 0 Å². The van der Waals surface area contributed by atoms with Crippen LogP contribution in [0.1, 0.15) is 24.0 Å². The summed E-state index contributed by atoms with van der Waals surface area (Å²) in [6.07, 6.45) is 11.0. The van der Waals surface area contributed by atoms with E-state index in [0.29, 0.717) is 6.10 Å². The van der Waals surface area contributed by atoms with Crippen molar-refractivity contribution in [3.8, 4) is 5.75 Å². The fourth-order valence-electron chi connectivity index (χ4n) is 3.23. The molecule has 2 aromatic heterocycles. The van der Waals surface area contributed by atoms with Gasteiger partial charge in [0, 0.05) is 38.1 Å². The van der Waals surface area contributed by atoms with Gasteiger partial charge in [0.2, 0.25) is 0 Å². The predicted octanol–water partition coefficient (Wildman–Crippen LogP) is 2.71. The highest BCUT2D eigenvalue weighted by atomic mass is 16.5. The second-order valence-electron chi connectivity index (χ2n) is 6.45. The van der Waals surface area contributed by atoms with Crippen molar-refractivity contribution < 1.29 is 9.47 Å². The van der Waals surface area contributed by atoms with Gasteiger partial charge < -0.3 is 9.47 Å². The molecule has 0 aromatic carbocycles. The fourth-order valence-corrected chi connectivity index (χ4v) is 3.23. The first-order valence-corrected chi connectivity index (χ1v) is 8.44. The molecule has 1 saturated heterocycles. The average molecular weight is 327 g/mol. The van der Waals surface area contributed by atoms with E-state index in [0.717, 1.165) is 38.1 Å². The van der Waals surface area contributed by atoms with E-state index in [1.165, 1.54) is 11.1 Å². The minimum atomic E-state index is 0.274. The number of aromatic nitrogens is 2. The van der Waals surface area contributed by atoms with Gasteiger partial charge in [-0.15, -0.1) is 0 Å². The second-order valence-corrected chi connectivity index (χ2v) is 6.45. The van der Waals surface area contributed by atoms with Gasteiger partial charge in [-0.1, -0.05) is 6.07 Å². The van der Waals surface area contributed by atoms with Gasteiger partial charge in [0.05, 0.1) is 25.5 Å². The summed E-state index contributed by atoms with van der Waals surface area (Å²) in [7, 11) is 3.80. The zero-order valence-electron chi connectivity index (χ0n) is 14.4. The summed E-state index contributed by atoms with van der Waals surface area (Å²) >= 11 is 0. The molecule has 3 heterocycles. The molecule has 2 atom stereocenters. The SMILES string of the molecule is COc1cncc(C[C@@H]2CC[C@H](CN(C)Cc3cccnc3)O2)c1. The van der Waals surface area contributed by atoms with Crippen LogP contribution in [-0.2, 0) is 17.7 Å². The second kappa shape index (κ2) is 8.22. The Morgan fingerprint density at radius 3 is 2.79 bits per heavy atom. The van der Waals surface area contributed by atoms with Gasteiger partial charge in [0.1, 0.15) is 5.75 Å². The summed E-state index contributed by atoms with van der Waals surface area (Å²) < 4.78 is 11.5. The van der Waals surface area contributed by atoms with Crippen molar-refractivity contribution in [1.29, 1.82) is 0 Å². The molecule has 0 saturated carbocycles. The van der Waals surface area contributed by atoms with E-state index < -0.39 is 0 Å². The smallest absolute Gasteiger partial charge is 0.137 e. The molecule has 5 nitrogen and oxygen atoms in total.